The third-order valence-corrected chi connectivity index (χ3v) is 13.9. The van der Waals surface area contributed by atoms with E-state index in [0.29, 0.717) is 0 Å². The first kappa shape index (κ1) is 35.2. The van der Waals surface area contributed by atoms with E-state index >= 15 is 4.57 Å². The fourth-order valence-corrected chi connectivity index (χ4v) is 11.1. The number of para-hydroxylation sites is 2. The lowest BCUT2D eigenvalue weighted by Gasteiger charge is -2.34. The Morgan fingerprint density at radius 2 is 0.517 bits per heavy atom. The van der Waals surface area contributed by atoms with Gasteiger partial charge in [0.15, 0.2) is 0 Å². The van der Waals surface area contributed by atoms with Gasteiger partial charge in [-0.2, -0.15) is 0 Å². The van der Waals surface area contributed by atoms with Gasteiger partial charge in [-0.25, -0.2) is 0 Å². The summed E-state index contributed by atoms with van der Waals surface area (Å²) in [5, 5.41) is 0.737. The van der Waals surface area contributed by atoms with Gasteiger partial charge in [-0.3, -0.25) is 13.9 Å². The van der Waals surface area contributed by atoms with Gasteiger partial charge in [0.05, 0.1) is 28.1 Å². The lowest BCUT2D eigenvalue weighted by atomic mass is 9.97. The highest BCUT2D eigenvalue weighted by Crippen LogP contribution is 2.70. The van der Waals surface area contributed by atoms with Crippen molar-refractivity contribution in [1.29, 1.82) is 0 Å². The van der Waals surface area contributed by atoms with E-state index in [1.807, 2.05) is 42.5 Å². The van der Waals surface area contributed by atoms with Gasteiger partial charge in [-0.1, -0.05) is 176 Å². The second kappa shape index (κ2) is 15.0. The summed E-state index contributed by atoms with van der Waals surface area (Å²) in [5.41, 5.74) is 14.2. The predicted octanol–water partition coefficient (Wildman–Crippen LogP) is 14.8. The minimum absolute atomic E-state index is 0.737. The summed E-state index contributed by atoms with van der Waals surface area (Å²) in [6, 6.07) is 82.1. The van der Waals surface area contributed by atoms with E-state index in [2.05, 4.69) is 203 Å². The van der Waals surface area contributed by atoms with Crippen LogP contribution in [0.5, 0.6) is 0 Å². The average molecular weight is 763 g/mol. The fraction of sp³-hybridized carbons (Fsp3) is 0. The molecule has 1 heterocycles. The molecular weight excluding hydrogens is 724 g/mol. The molecular formula is C54H39N2OP. The molecule has 1 aliphatic heterocycles. The van der Waals surface area contributed by atoms with Gasteiger partial charge < -0.3 is 0 Å². The van der Waals surface area contributed by atoms with Crippen LogP contribution in [-0.4, -0.2) is 0 Å². The van der Waals surface area contributed by atoms with Crippen LogP contribution in [0.2, 0.25) is 0 Å². The quantitative estimate of drug-likeness (QED) is 0.144. The van der Waals surface area contributed by atoms with E-state index in [9.17, 15) is 0 Å². The van der Waals surface area contributed by atoms with Crippen LogP contribution in [-0.2, 0) is 4.57 Å². The number of hydrogen-bond acceptors (Lipinski definition) is 1. The maximum absolute atomic E-state index is 17.2. The van der Waals surface area contributed by atoms with Crippen molar-refractivity contribution in [2.45, 2.75) is 0 Å². The molecule has 0 unspecified atom stereocenters. The maximum Gasteiger partial charge on any atom is 0.301 e. The molecule has 58 heavy (non-hydrogen) atoms. The minimum atomic E-state index is -3.76. The third-order valence-electron chi connectivity index (χ3n) is 10.9. The summed E-state index contributed by atoms with van der Waals surface area (Å²) in [5.74, 6) is 0. The lowest BCUT2D eigenvalue weighted by Crippen LogP contribution is -2.26. The zero-order valence-corrected chi connectivity index (χ0v) is 32.7. The molecule has 9 aromatic carbocycles. The van der Waals surface area contributed by atoms with E-state index < -0.39 is 7.44 Å². The van der Waals surface area contributed by atoms with Gasteiger partial charge in [0.25, 0.3) is 0 Å². The zero-order chi connectivity index (χ0) is 38.9. The smallest absolute Gasteiger partial charge is 0.270 e. The SMILES string of the molecule is O=P1(c2ccc(-c3ccccc3)cc2)N(c2cc(-c3ccccc3)cc(-c3ccccc3)c2)c2ccccc2N1c1cc(-c2ccccc2)cc(-c2ccccc2)c1. The van der Waals surface area contributed by atoms with Gasteiger partial charge in [-0.15, -0.1) is 0 Å². The summed E-state index contributed by atoms with van der Waals surface area (Å²) >= 11 is 0. The molecule has 0 radical (unpaired) electrons. The van der Waals surface area contributed by atoms with E-state index in [0.717, 1.165) is 83.7 Å². The number of nitrogens with zero attached hydrogens (tertiary/aromatic N) is 2. The number of anilines is 4. The van der Waals surface area contributed by atoms with Crippen molar-refractivity contribution >= 4 is 35.5 Å². The van der Waals surface area contributed by atoms with Gasteiger partial charge in [0, 0.05) is 0 Å². The average Bonchev–Trinajstić information content (AvgIpc) is 3.59. The summed E-state index contributed by atoms with van der Waals surface area (Å²) in [6.45, 7) is 0. The van der Waals surface area contributed by atoms with Crippen LogP contribution in [0.1, 0.15) is 0 Å². The summed E-state index contributed by atoms with van der Waals surface area (Å²) < 4.78 is 21.5. The molecule has 0 saturated heterocycles. The largest absolute Gasteiger partial charge is 0.301 e. The first-order chi connectivity index (χ1) is 28.6. The maximum atomic E-state index is 17.2. The van der Waals surface area contributed by atoms with Crippen LogP contribution >= 0.6 is 7.44 Å². The molecule has 9 aromatic rings. The summed E-state index contributed by atoms with van der Waals surface area (Å²) in [6.07, 6.45) is 0. The minimum Gasteiger partial charge on any atom is -0.270 e. The molecule has 4 heteroatoms. The first-order valence-electron chi connectivity index (χ1n) is 19.6. The van der Waals surface area contributed by atoms with Crippen LogP contribution in [0.4, 0.5) is 22.7 Å². The molecule has 0 aromatic heterocycles. The number of hydrogen-bond donors (Lipinski definition) is 0. The van der Waals surface area contributed by atoms with Crippen molar-refractivity contribution in [1.82, 2.24) is 0 Å². The van der Waals surface area contributed by atoms with E-state index in [1.165, 1.54) is 0 Å². The fourth-order valence-electron chi connectivity index (χ4n) is 8.16. The second-order valence-electron chi connectivity index (χ2n) is 14.6. The van der Waals surface area contributed by atoms with Gasteiger partial charge in [-0.05, 0) is 116 Å². The third kappa shape index (κ3) is 6.42. The Morgan fingerprint density at radius 3 is 0.828 bits per heavy atom. The van der Waals surface area contributed by atoms with Gasteiger partial charge >= 0.3 is 7.44 Å². The van der Waals surface area contributed by atoms with Crippen LogP contribution in [0.15, 0.2) is 237 Å². The number of fused-ring (bicyclic) bond motifs is 1. The predicted molar refractivity (Wildman–Crippen MR) is 244 cm³/mol. The number of benzene rings is 9. The van der Waals surface area contributed by atoms with Crippen molar-refractivity contribution in [3.05, 3.63) is 237 Å². The topological polar surface area (TPSA) is 23.6 Å². The molecule has 0 fully saturated rings. The van der Waals surface area contributed by atoms with Crippen molar-refractivity contribution < 1.29 is 4.57 Å². The molecule has 0 spiro atoms. The normalized spacial score (nSPS) is 13.0. The Kier molecular flexibility index (Phi) is 9.14. The van der Waals surface area contributed by atoms with Crippen molar-refractivity contribution in [2.75, 3.05) is 9.34 Å². The van der Waals surface area contributed by atoms with Crippen molar-refractivity contribution in [2.24, 2.45) is 0 Å². The Morgan fingerprint density at radius 1 is 0.259 bits per heavy atom. The molecule has 0 bridgehead atoms. The van der Waals surface area contributed by atoms with E-state index in [1.54, 1.807) is 0 Å². The molecule has 1 aliphatic rings. The monoisotopic (exact) mass is 762 g/mol. The van der Waals surface area contributed by atoms with E-state index in [-0.39, 0.29) is 0 Å². The summed E-state index contributed by atoms with van der Waals surface area (Å²) in [4.78, 5) is 0. The molecule has 0 saturated carbocycles. The molecule has 3 nitrogen and oxygen atoms in total. The second-order valence-corrected chi connectivity index (χ2v) is 17.0. The standard InChI is InChI=1S/C54H39N2OP/c57-58(52-32-30-45(31-33-52)40-18-6-1-7-19-40)55(50-36-46(41-20-8-2-9-21-41)34-47(37-50)42-22-10-3-11-23-42)53-28-16-17-29-54(53)56(58)51-38-48(43-24-12-4-13-25-43)35-49(39-51)44-26-14-5-15-27-44/h1-39H. The molecule has 0 atom stereocenters. The first-order valence-corrected chi connectivity index (χ1v) is 21.2. The molecule has 10 rings (SSSR count). The highest BCUT2D eigenvalue weighted by atomic mass is 31.2. The van der Waals surface area contributed by atoms with Gasteiger partial charge in [0.2, 0.25) is 0 Å². The van der Waals surface area contributed by atoms with Gasteiger partial charge in [0.1, 0.15) is 0 Å². The Hall–Kier alpha value is -7.19. The lowest BCUT2D eigenvalue weighted by molar-refractivity contribution is 0.582. The Bertz CT molecular complexity index is 2630. The highest BCUT2D eigenvalue weighted by Gasteiger charge is 2.49. The zero-order valence-electron chi connectivity index (χ0n) is 31.8. The van der Waals surface area contributed by atoms with E-state index in [4.69, 9.17) is 0 Å². The van der Waals surface area contributed by atoms with Crippen LogP contribution < -0.4 is 14.6 Å². The van der Waals surface area contributed by atoms with Crippen LogP contribution in [0.25, 0.3) is 55.6 Å². The Labute approximate surface area is 340 Å². The van der Waals surface area contributed by atoms with Crippen molar-refractivity contribution in [3.8, 4) is 55.6 Å². The molecule has 0 N–H and O–H groups in total. The van der Waals surface area contributed by atoms with Crippen LogP contribution in [0.3, 0.4) is 0 Å². The Balaban J connectivity index is 1.25. The summed E-state index contributed by atoms with van der Waals surface area (Å²) in [7, 11) is -3.76. The molecule has 276 valence electrons. The number of rotatable bonds is 8. The van der Waals surface area contributed by atoms with Crippen LogP contribution in [0, 0.1) is 0 Å². The molecule has 0 amide bonds. The molecule has 0 aliphatic carbocycles. The van der Waals surface area contributed by atoms with Crippen molar-refractivity contribution in [3.63, 3.8) is 0 Å². The highest BCUT2D eigenvalue weighted by molar-refractivity contribution is 7.76.